The van der Waals surface area contributed by atoms with Crippen LogP contribution < -0.4 is 4.74 Å². The van der Waals surface area contributed by atoms with Gasteiger partial charge in [-0.25, -0.2) is 9.97 Å². The van der Waals surface area contributed by atoms with Crippen LogP contribution in [0.4, 0.5) is 0 Å². The van der Waals surface area contributed by atoms with Crippen LogP contribution in [0.5, 0.6) is 5.75 Å². The highest BCUT2D eigenvalue weighted by molar-refractivity contribution is 6.08. The normalized spacial score (nSPS) is 10.2. The number of aromatic nitrogens is 2. The largest absolute Gasteiger partial charge is 0.493 e. The molecule has 1 aromatic carbocycles. The predicted octanol–water partition coefficient (Wildman–Crippen LogP) is 2.80. The summed E-state index contributed by atoms with van der Waals surface area (Å²) < 4.78 is 5.58. The van der Waals surface area contributed by atoms with Crippen molar-refractivity contribution in [3.8, 4) is 5.75 Å². The van der Waals surface area contributed by atoms with Gasteiger partial charge < -0.3 is 4.74 Å². The second-order valence-electron chi connectivity index (χ2n) is 4.26. The molecule has 0 saturated carbocycles. The first-order chi connectivity index (χ1) is 9.22. The van der Waals surface area contributed by atoms with Gasteiger partial charge in [0, 0.05) is 12.4 Å². The van der Waals surface area contributed by atoms with E-state index in [4.69, 9.17) is 4.74 Å². The maximum absolute atomic E-state index is 12.3. The average molecular weight is 256 g/mol. The molecule has 1 heterocycles. The van der Waals surface area contributed by atoms with Gasteiger partial charge in [-0.15, -0.1) is 0 Å². The number of rotatable bonds is 5. The summed E-state index contributed by atoms with van der Waals surface area (Å²) in [6.07, 6.45) is 4.16. The lowest BCUT2D eigenvalue weighted by Crippen LogP contribution is -2.09. The lowest BCUT2D eigenvalue weighted by atomic mass is 10.1. The third-order valence-corrected chi connectivity index (χ3v) is 2.58. The zero-order valence-electron chi connectivity index (χ0n) is 11.1. The third kappa shape index (κ3) is 3.16. The molecule has 0 fully saturated rings. The monoisotopic (exact) mass is 256 g/mol. The van der Waals surface area contributed by atoms with Crippen LogP contribution in [0.2, 0.25) is 0 Å². The van der Waals surface area contributed by atoms with Crippen LogP contribution in [0, 0.1) is 6.92 Å². The molecule has 0 unspecified atom stereocenters. The molecule has 0 aliphatic heterocycles. The molecule has 98 valence electrons. The van der Waals surface area contributed by atoms with Gasteiger partial charge in [-0.1, -0.05) is 19.1 Å². The van der Waals surface area contributed by atoms with Crippen molar-refractivity contribution in [2.24, 2.45) is 0 Å². The van der Waals surface area contributed by atoms with Gasteiger partial charge in [0.05, 0.1) is 12.2 Å². The van der Waals surface area contributed by atoms with E-state index in [1.54, 1.807) is 30.6 Å². The zero-order chi connectivity index (χ0) is 13.7. The molecule has 0 N–H and O–H groups in total. The Morgan fingerprint density at radius 1 is 1.21 bits per heavy atom. The summed E-state index contributed by atoms with van der Waals surface area (Å²) in [7, 11) is 0. The van der Waals surface area contributed by atoms with Crippen LogP contribution in [-0.2, 0) is 0 Å². The number of ether oxygens (including phenoxy) is 1. The summed E-state index contributed by atoms with van der Waals surface area (Å²) in [4.78, 5) is 20.5. The first-order valence-corrected chi connectivity index (χ1v) is 6.27. The standard InChI is InChI=1S/C15H16N2O2/c1-3-8-19-13-7-5-4-6-12(13)14(18)15-16-9-11(2)10-17-15/h4-7,9-10H,3,8H2,1-2H3. The van der Waals surface area contributed by atoms with E-state index in [2.05, 4.69) is 9.97 Å². The maximum Gasteiger partial charge on any atom is 0.233 e. The van der Waals surface area contributed by atoms with Crippen LogP contribution in [0.15, 0.2) is 36.7 Å². The lowest BCUT2D eigenvalue weighted by Gasteiger charge is -2.09. The molecule has 19 heavy (non-hydrogen) atoms. The number of aryl methyl sites for hydroxylation is 1. The molecule has 4 nitrogen and oxygen atoms in total. The molecule has 1 aromatic heterocycles. The van der Waals surface area contributed by atoms with E-state index in [0.717, 1.165) is 12.0 Å². The van der Waals surface area contributed by atoms with Crippen molar-refractivity contribution in [2.45, 2.75) is 20.3 Å². The van der Waals surface area contributed by atoms with Gasteiger partial charge >= 0.3 is 0 Å². The van der Waals surface area contributed by atoms with E-state index in [0.29, 0.717) is 17.9 Å². The number of ketones is 1. The second-order valence-corrected chi connectivity index (χ2v) is 4.26. The van der Waals surface area contributed by atoms with E-state index in [-0.39, 0.29) is 11.6 Å². The molecule has 2 aromatic rings. The number of carbonyl (C=O) groups excluding carboxylic acids is 1. The molecule has 0 aliphatic carbocycles. The van der Waals surface area contributed by atoms with Crippen molar-refractivity contribution in [3.63, 3.8) is 0 Å². The van der Waals surface area contributed by atoms with Crippen LogP contribution >= 0.6 is 0 Å². The molecule has 0 saturated heterocycles. The van der Waals surface area contributed by atoms with Crippen LogP contribution in [0.3, 0.4) is 0 Å². The lowest BCUT2D eigenvalue weighted by molar-refractivity contribution is 0.102. The van der Waals surface area contributed by atoms with Gasteiger partial charge in [-0.05, 0) is 31.0 Å². The number of hydrogen-bond acceptors (Lipinski definition) is 4. The van der Waals surface area contributed by atoms with Gasteiger partial charge in [-0.2, -0.15) is 0 Å². The minimum atomic E-state index is -0.216. The number of para-hydroxylation sites is 1. The Labute approximate surface area is 112 Å². The van der Waals surface area contributed by atoms with Gasteiger partial charge in [0.1, 0.15) is 5.75 Å². The van der Waals surface area contributed by atoms with Crippen LogP contribution in [0.25, 0.3) is 0 Å². The summed E-state index contributed by atoms with van der Waals surface area (Å²) in [5, 5.41) is 0. The molecule has 4 heteroatoms. The second kappa shape index (κ2) is 6.09. The number of hydrogen-bond donors (Lipinski definition) is 0. The fourth-order valence-electron chi connectivity index (χ4n) is 1.62. The summed E-state index contributed by atoms with van der Waals surface area (Å²) in [6, 6.07) is 7.17. The molecule has 0 aliphatic rings. The molecule has 0 spiro atoms. The Morgan fingerprint density at radius 2 is 1.89 bits per heavy atom. The predicted molar refractivity (Wildman–Crippen MR) is 72.4 cm³/mol. The Balaban J connectivity index is 2.30. The van der Waals surface area contributed by atoms with Crippen LogP contribution in [-0.4, -0.2) is 22.4 Å². The Bertz CT molecular complexity index is 565. The Kier molecular flexibility index (Phi) is 4.23. The van der Waals surface area contributed by atoms with E-state index < -0.39 is 0 Å². The highest BCUT2D eigenvalue weighted by Crippen LogP contribution is 2.20. The van der Waals surface area contributed by atoms with Gasteiger partial charge in [0.15, 0.2) is 0 Å². The fraction of sp³-hybridized carbons (Fsp3) is 0.267. The van der Waals surface area contributed by atoms with E-state index in [9.17, 15) is 4.79 Å². The van der Waals surface area contributed by atoms with Gasteiger partial charge in [0.2, 0.25) is 11.6 Å². The van der Waals surface area contributed by atoms with Gasteiger partial charge in [0.25, 0.3) is 0 Å². The van der Waals surface area contributed by atoms with Crippen molar-refractivity contribution in [3.05, 3.63) is 53.6 Å². The van der Waals surface area contributed by atoms with E-state index >= 15 is 0 Å². The van der Waals surface area contributed by atoms with Crippen LogP contribution in [0.1, 0.15) is 35.1 Å². The number of benzene rings is 1. The minimum absolute atomic E-state index is 0.193. The summed E-state index contributed by atoms with van der Waals surface area (Å²) >= 11 is 0. The molecule has 0 amide bonds. The number of carbonyl (C=O) groups is 1. The Hall–Kier alpha value is -2.23. The SMILES string of the molecule is CCCOc1ccccc1C(=O)c1ncc(C)cn1. The minimum Gasteiger partial charge on any atom is -0.493 e. The van der Waals surface area contributed by atoms with E-state index in [1.165, 1.54) is 0 Å². The van der Waals surface area contributed by atoms with Crippen molar-refractivity contribution in [1.29, 1.82) is 0 Å². The highest BCUT2D eigenvalue weighted by Gasteiger charge is 2.16. The molecule has 0 bridgehead atoms. The summed E-state index contributed by atoms with van der Waals surface area (Å²) in [5.41, 5.74) is 1.42. The first kappa shape index (κ1) is 13.2. The molecule has 2 rings (SSSR count). The topological polar surface area (TPSA) is 52.1 Å². The Morgan fingerprint density at radius 3 is 2.58 bits per heavy atom. The number of nitrogens with zero attached hydrogens (tertiary/aromatic N) is 2. The molecule has 0 atom stereocenters. The summed E-state index contributed by atoms with van der Waals surface area (Å²) in [5.74, 6) is 0.559. The molecular weight excluding hydrogens is 240 g/mol. The van der Waals surface area contributed by atoms with Gasteiger partial charge in [-0.3, -0.25) is 4.79 Å². The van der Waals surface area contributed by atoms with Crippen molar-refractivity contribution >= 4 is 5.78 Å². The average Bonchev–Trinajstić information content (AvgIpc) is 2.45. The first-order valence-electron chi connectivity index (χ1n) is 6.27. The fourth-order valence-corrected chi connectivity index (χ4v) is 1.62. The third-order valence-electron chi connectivity index (χ3n) is 2.58. The smallest absolute Gasteiger partial charge is 0.233 e. The summed E-state index contributed by atoms with van der Waals surface area (Å²) in [6.45, 7) is 4.49. The van der Waals surface area contributed by atoms with Crippen molar-refractivity contribution in [1.82, 2.24) is 9.97 Å². The van der Waals surface area contributed by atoms with Crippen molar-refractivity contribution < 1.29 is 9.53 Å². The zero-order valence-corrected chi connectivity index (χ0v) is 11.1. The quantitative estimate of drug-likeness (QED) is 0.772. The van der Waals surface area contributed by atoms with E-state index in [1.807, 2.05) is 19.9 Å². The molecule has 0 radical (unpaired) electrons. The highest BCUT2D eigenvalue weighted by atomic mass is 16.5. The van der Waals surface area contributed by atoms with Crippen molar-refractivity contribution in [2.75, 3.05) is 6.61 Å². The maximum atomic E-state index is 12.3. The molecular formula is C15H16N2O2.